The van der Waals surface area contributed by atoms with Gasteiger partial charge in [0.05, 0.1) is 26.4 Å². The Labute approximate surface area is 113 Å². The second-order valence-electron chi connectivity index (χ2n) is 5.24. The van der Waals surface area contributed by atoms with E-state index < -0.39 is 5.79 Å². The van der Waals surface area contributed by atoms with Crippen LogP contribution in [0.1, 0.15) is 31.4 Å². The van der Waals surface area contributed by atoms with Crippen molar-refractivity contribution in [2.24, 2.45) is 0 Å². The summed E-state index contributed by atoms with van der Waals surface area (Å²) in [5, 5.41) is 0. The molecule has 19 heavy (non-hydrogen) atoms. The van der Waals surface area contributed by atoms with Gasteiger partial charge in [0.15, 0.2) is 5.79 Å². The first-order valence-corrected chi connectivity index (χ1v) is 6.77. The highest BCUT2D eigenvalue weighted by Gasteiger charge is 2.42. The van der Waals surface area contributed by atoms with Crippen molar-refractivity contribution >= 4 is 0 Å². The lowest BCUT2D eigenvalue weighted by atomic mass is 10.0. The molecule has 104 valence electrons. The van der Waals surface area contributed by atoms with Gasteiger partial charge < -0.3 is 18.9 Å². The zero-order valence-corrected chi connectivity index (χ0v) is 11.4. The fourth-order valence-electron chi connectivity index (χ4n) is 2.58. The molecule has 0 aromatic heterocycles. The van der Waals surface area contributed by atoms with Crippen molar-refractivity contribution in [2.45, 2.75) is 37.8 Å². The van der Waals surface area contributed by atoms with E-state index in [2.05, 4.69) is 6.07 Å². The second kappa shape index (κ2) is 5.12. The predicted octanol–water partition coefficient (Wildman–Crippen LogP) is 2.68. The summed E-state index contributed by atoms with van der Waals surface area (Å²) in [4.78, 5) is 0. The van der Waals surface area contributed by atoms with Crippen molar-refractivity contribution in [3.63, 3.8) is 0 Å². The highest BCUT2D eigenvalue weighted by molar-refractivity contribution is 5.32. The molecule has 0 aliphatic carbocycles. The topological polar surface area (TPSA) is 40.2 Å². The summed E-state index contributed by atoms with van der Waals surface area (Å²) in [6, 6.07) is 8.06. The predicted molar refractivity (Wildman–Crippen MR) is 70.2 cm³/mol. The zero-order valence-electron chi connectivity index (χ0n) is 11.4. The molecule has 2 aliphatic heterocycles. The van der Waals surface area contributed by atoms with E-state index in [1.807, 2.05) is 25.1 Å². The van der Waals surface area contributed by atoms with Crippen LogP contribution in [0.15, 0.2) is 24.3 Å². The average molecular weight is 264 g/mol. The van der Waals surface area contributed by atoms with Crippen LogP contribution in [0.5, 0.6) is 5.75 Å². The maximum Gasteiger partial charge on any atom is 0.165 e. The number of hydrogen-bond donors (Lipinski definition) is 0. The fraction of sp³-hybridized carbons (Fsp3) is 0.600. The number of rotatable bonds is 5. The van der Waals surface area contributed by atoms with Crippen molar-refractivity contribution in [1.82, 2.24) is 0 Å². The van der Waals surface area contributed by atoms with Crippen LogP contribution in [-0.2, 0) is 14.2 Å². The molecule has 1 aromatic rings. The molecule has 0 N–H and O–H groups in total. The molecule has 0 bridgehead atoms. The smallest absolute Gasteiger partial charge is 0.165 e. The minimum absolute atomic E-state index is 0.195. The molecule has 0 saturated carbocycles. The van der Waals surface area contributed by atoms with Crippen molar-refractivity contribution in [3.05, 3.63) is 29.8 Å². The standard InChI is InChI=1S/C15H20O4/c1-15(17-8-9-18-15)7-6-13-14(19-13)11-4-3-5-12(10-11)16-2/h3-5,10,13-14H,6-9H2,1-2H3. The molecule has 1 aromatic carbocycles. The molecule has 2 saturated heterocycles. The van der Waals surface area contributed by atoms with Crippen LogP contribution in [0.2, 0.25) is 0 Å². The van der Waals surface area contributed by atoms with E-state index in [1.54, 1.807) is 7.11 Å². The van der Waals surface area contributed by atoms with Gasteiger partial charge in [0.2, 0.25) is 0 Å². The molecule has 2 fully saturated rings. The Morgan fingerprint density at radius 1 is 1.32 bits per heavy atom. The van der Waals surface area contributed by atoms with Crippen molar-refractivity contribution in [1.29, 1.82) is 0 Å². The molecule has 4 heteroatoms. The van der Waals surface area contributed by atoms with Crippen LogP contribution in [0.3, 0.4) is 0 Å². The van der Waals surface area contributed by atoms with Gasteiger partial charge in [0.1, 0.15) is 11.9 Å². The summed E-state index contributed by atoms with van der Waals surface area (Å²) in [6.45, 7) is 3.39. The minimum atomic E-state index is -0.412. The van der Waals surface area contributed by atoms with Crippen molar-refractivity contribution in [3.8, 4) is 5.75 Å². The summed E-state index contributed by atoms with van der Waals surface area (Å²) in [5.41, 5.74) is 1.18. The lowest BCUT2D eigenvalue weighted by Crippen LogP contribution is -2.25. The Morgan fingerprint density at radius 3 is 2.84 bits per heavy atom. The molecule has 0 radical (unpaired) electrons. The number of ether oxygens (including phenoxy) is 4. The van der Waals surface area contributed by atoms with Gasteiger partial charge in [-0.1, -0.05) is 12.1 Å². The minimum Gasteiger partial charge on any atom is -0.497 e. The summed E-state index contributed by atoms with van der Waals surface area (Å²) in [6.07, 6.45) is 2.30. The van der Waals surface area contributed by atoms with Gasteiger partial charge in [-0.2, -0.15) is 0 Å². The van der Waals surface area contributed by atoms with E-state index in [1.165, 1.54) is 5.56 Å². The van der Waals surface area contributed by atoms with Gasteiger partial charge in [0, 0.05) is 6.42 Å². The van der Waals surface area contributed by atoms with E-state index in [-0.39, 0.29) is 12.2 Å². The van der Waals surface area contributed by atoms with Crippen LogP contribution >= 0.6 is 0 Å². The largest absolute Gasteiger partial charge is 0.497 e. The Morgan fingerprint density at radius 2 is 2.11 bits per heavy atom. The SMILES string of the molecule is COc1cccc(C2OC2CCC2(C)OCCO2)c1. The van der Waals surface area contributed by atoms with Gasteiger partial charge in [-0.25, -0.2) is 0 Å². The van der Waals surface area contributed by atoms with Gasteiger partial charge >= 0.3 is 0 Å². The summed E-state index contributed by atoms with van der Waals surface area (Å²) < 4.78 is 22.2. The Bertz CT molecular complexity index is 440. The molecule has 4 nitrogen and oxygen atoms in total. The lowest BCUT2D eigenvalue weighted by Gasteiger charge is -2.21. The van der Waals surface area contributed by atoms with Crippen molar-refractivity contribution < 1.29 is 18.9 Å². The number of hydrogen-bond acceptors (Lipinski definition) is 4. The highest BCUT2D eigenvalue weighted by atomic mass is 16.7. The Balaban J connectivity index is 1.53. The molecule has 3 rings (SSSR count). The third-order valence-electron chi connectivity index (χ3n) is 3.79. The second-order valence-corrected chi connectivity index (χ2v) is 5.24. The van der Waals surface area contributed by atoms with E-state index >= 15 is 0 Å². The van der Waals surface area contributed by atoms with E-state index in [4.69, 9.17) is 18.9 Å². The first-order chi connectivity index (χ1) is 9.20. The lowest BCUT2D eigenvalue weighted by molar-refractivity contribution is -0.148. The van der Waals surface area contributed by atoms with Crippen LogP contribution in [0.25, 0.3) is 0 Å². The van der Waals surface area contributed by atoms with E-state index in [0.717, 1.165) is 18.6 Å². The molecule has 2 aliphatic rings. The van der Waals surface area contributed by atoms with E-state index in [0.29, 0.717) is 13.2 Å². The molecule has 0 spiro atoms. The van der Waals surface area contributed by atoms with Crippen LogP contribution in [0.4, 0.5) is 0 Å². The van der Waals surface area contributed by atoms with Crippen LogP contribution in [0, 0.1) is 0 Å². The zero-order chi connectivity index (χ0) is 13.3. The molecule has 2 atom stereocenters. The van der Waals surface area contributed by atoms with E-state index in [9.17, 15) is 0 Å². The molecule has 0 amide bonds. The highest BCUT2D eigenvalue weighted by Crippen LogP contribution is 2.43. The summed E-state index contributed by atoms with van der Waals surface area (Å²) in [5.74, 6) is 0.464. The van der Waals surface area contributed by atoms with Gasteiger partial charge in [0.25, 0.3) is 0 Å². The Hall–Kier alpha value is -1.10. The van der Waals surface area contributed by atoms with Gasteiger partial charge in [-0.05, 0) is 31.0 Å². The first kappa shape index (κ1) is 12.9. The normalized spacial score (nSPS) is 28.3. The summed E-state index contributed by atoms with van der Waals surface area (Å²) >= 11 is 0. The number of epoxide rings is 1. The maximum atomic E-state index is 5.74. The maximum absolute atomic E-state index is 5.74. The molecule has 2 heterocycles. The quantitative estimate of drug-likeness (QED) is 0.767. The molecular formula is C15H20O4. The molecular weight excluding hydrogens is 244 g/mol. The molecule has 2 unspecified atom stereocenters. The Kier molecular flexibility index (Phi) is 3.48. The number of benzene rings is 1. The fourth-order valence-corrected chi connectivity index (χ4v) is 2.58. The third-order valence-corrected chi connectivity index (χ3v) is 3.79. The third kappa shape index (κ3) is 2.91. The van der Waals surface area contributed by atoms with Crippen molar-refractivity contribution in [2.75, 3.05) is 20.3 Å². The van der Waals surface area contributed by atoms with Gasteiger partial charge in [-0.15, -0.1) is 0 Å². The summed E-state index contributed by atoms with van der Waals surface area (Å²) in [7, 11) is 1.68. The van der Waals surface area contributed by atoms with Gasteiger partial charge in [-0.3, -0.25) is 0 Å². The van der Waals surface area contributed by atoms with Crippen LogP contribution in [-0.4, -0.2) is 32.2 Å². The number of methoxy groups -OCH3 is 1. The first-order valence-electron chi connectivity index (χ1n) is 6.77. The monoisotopic (exact) mass is 264 g/mol. The van der Waals surface area contributed by atoms with Crippen LogP contribution < -0.4 is 4.74 Å². The average Bonchev–Trinajstić information content (AvgIpc) is 3.11.